The van der Waals surface area contributed by atoms with E-state index in [9.17, 15) is 0 Å². The summed E-state index contributed by atoms with van der Waals surface area (Å²) >= 11 is 5.30. The van der Waals surface area contributed by atoms with Crippen LogP contribution in [0.25, 0.3) is 0 Å². The summed E-state index contributed by atoms with van der Waals surface area (Å²) in [7, 11) is 3.19. The van der Waals surface area contributed by atoms with Crippen LogP contribution in [0.2, 0.25) is 0 Å². The van der Waals surface area contributed by atoms with Crippen LogP contribution in [0.4, 0.5) is 0 Å². The summed E-state index contributed by atoms with van der Waals surface area (Å²) in [4.78, 5) is 0. The molecular formula is C14H31I3P-. The van der Waals surface area contributed by atoms with E-state index < -0.39 is 0 Å². The third-order valence-electron chi connectivity index (χ3n) is 3.33. The van der Waals surface area contributed by atoms with E-state index in [4.69, 9.17) is 0 Å². The van der Waals surface area contributed by atoms with Crippen LogP contribution in [0.1, 0.15) is 85.0 Å². The number of hydrogen-bond acceptors (Lipinski definition) is 0. The molecule has 0 aromatic carbocycles. The Hall–Kier alpha value is 2.62. The van der Waals surface area contributed by atoms with Crippen molar-refractivity contribution in [3.8, 4) is 0 Å². The Kier molecular flexibility index (Phi) is 22.5. The molecule has 1 atom stereocenters. The van der Waals surface area contributed by atoms with E-state index in [1.165, 1.54) is 64.2 Å². The Morgan fingerprint density at radius 3 is 1.44 bits per heavy atom. The van der Waals surface area contributed by atoms with Gasteiger partial charge in [0.2, 0.25) is 0 Å². The SMILES string of the molecule is CCCCCC(P)(CCCC)CCCC.I[I-]I. The number of rotatable bonds is 10. The standard InChI is InChI=1S/C14H31P.I3/c1-4-7-10-13-14(15,11-8-5-2)12-9-6-3;1-3-2/h4-13,15H2,1-3H3;/q;-1. The van der Waals surface area contributed by atoms with Crippen molar-refractivity contribution in [3.05, 3.63) is 0 Å². The predicted molar refractivity (Wildman–Crippen MR) is 104 cm³/mol. The molecule has 0 rings (SSSR count). The van der Waals surface area contributed by atoms with Crippen LogP contribution in [-0.4, -0.2) is 5.16 Å². The molecule has 0 spiro atoms. The second-order valence-corrected chi connectivity index (χ2v) is 22.6. The minimum atomic E-state index is 0.530. The van der Waals surface area contributed by atoms with Gasteiger partial charge in [-0.3, -0.25) is 0 Å². The fourth-order valence-electron chi connectivity index (χ4n) is 2.16. The molecule has 0 heterocycles. The van der Waals surface area contributed by atoms with E-state index in [2.05, 4.69) is 67.2 Å². The molecule has 0 nitrogen and oxygen atoms in total. The number of unbranched alkanes of at least 4 members (excludes halogenated alkanes) is 4. The van der Waals surface area contributed by atoms with Crippen molar-refractivity contribution in [1.29, 1.82) is 0 Å². The summed E-state index contributed by atoms with van der Waals surface area (Å²) in [5.74, 6) is 0. The molecule has 0 saturated carbocycles. The van der Waals surface area contributed by atoms with E-state index in [1.807, 2.05) is 0 Å². The van der Waals surface area contributed by atoms with Crippen LogP contribution < -0.4 is 13.3 Å². The fourth-order valence-corrected chi connectivity index (χ4v) is 2.77. The van der Waals surface area contributed by atoms with E-state index in [0.29, 0.717) is 18.4 Å². The molecule has 0 aromatic heterocycles. The first-order valence-electron chi connectivity index (χ1n) is 7.26. The zero-order valence-electron chi connectivity index (χ0n) is 12.3. The molecule has 1 unspecified atom stereocenters. The first kappa shape index (κ1) is 22.9. The molecule has 0 saturated heterocycles. The summed E-state index contributed by atoms with van der Waals surface area (Å²) in [5, 5.41) is 0.571. The van der Waals surface area contributed by atoms with Crippen LogP contribution in [0, 0.1) is 0 Å². The normalized spacial score (nSPS) is 11.2. The van der Waals surface area contributed by atoms with E-state index in [-0.39, 0.29) is 0 Å². The molecule has 4 heteroatoms. The topological polar surface area (TPSA) is 0 Å². The number of hydrogen-bond donors (Lipinski definition) is 0. The summed E-state index contributed by atoms with van der Waals surface area (Å²) in [5.41, 5.74) is 0. The van der Waals surface area contributed by atoms with Crippen molar-refractivity contribution in [3.63, 3.8) is 0 Å². The van der Waals surface area contributed by atoms with Gasteiger partial charge in [0.1, 0.15) is 0 Å². The second kappa shape index (κ2) is 17.7. The third kappa shape index (κ3) is 16.7. The van der Waals surface area contributed by atoms with Crippen molar-refractivity contribution in [1.82, 2.24) is 0 Å². The van der Waals surface area contributed by atoms with Crippen molar-refractivity contribution < 1.29 is 13.3 Å². The van der Waals surface area contributed by atoms with Gasteiger partial charge in [-0.25, -0.2) is 0 Å². The molecule has 0 amide bonds. The monoisotopic (exact) mass is 611 g/mol. The van der Waals surface area contributed by atoms with Gasteiger partial charge in [0.05, 0.1) is 0 Å². The van der Waals surface area contributed by atoms with Gasteiger partial charge in [0, 0.05) is 0 Å². The molecule has 0 aliphatic carbocycles. The molecular weight excluding hydrogens is 580 g/mol. The molecule has 0 aliphatic rings. The Labute approximate surface area is 148 Å². The molecule has 18 heavy (non-hydrogen) atoms. The van der Waals surface area contributed by atoms with Crippen molar-refractivity contribution in [2.24, 2.45) is 0 Å². The van der Waals surface area contributed by atoms with Gasteiger partial charge in [-0.05, 0) is 24.4 Å². The average molecular weight is 611 g/mol. The molecule has 0 N–H and O–H groups in total. The van der Waals surface area contributed by atoms with Crippen LogP contribution in [0.15, 0.2) is 0 Å². The summed E-state index contributed by atoms with van der Waals surface area (Å²) in [6.45, 7) is 6.90. The van der Waals surface area contributed by atoms with Crippen molar-refractivity contribution in [2.45, 2.75) is 90.1 Å². The van der Waals surface area contributed by atoms with Crippen molar-refractivity contribution in [2.75, 3.05) is 0 Å². The van der Waals surface area contributed by atoms with Crippen molar-refractivity contribution >= 4 is 46.5 Å². The summed E-state index contributed by atoms with van der Waals surface area (Å²) in [6, 6.07) is 0. The van der Waals surface area contributed by atoms with Gasteiger partial charge in [0.15, 0.2) is 0 Å². The zero-order valence-corrected chi connectivity index (χ0v) is 19.9. The Balaban J connectivity index is 0. The summed E-state index contributed by atoms with van der Waals surface area (Å²) < 4.78 is 0. The zero-order chi connectivity index (χ0) is 14.3. The Morgan fingerprint density at radius 2 is 1.11 bits per heavy atom. The fraction of sp³-hybridized carbons (Fsp3) is 1.00. The number of halogens is 3. The van der Waals surface area contributed by atoms with Gasteiger partial charge < -0.3 is 0 Å². The molecule has 0 bridgehead atoms. The minimum absolute atomic E-state index is 0.530. The third-order valence-corrected chi connectivity index (χ3v) is 4.20. The Bertz CT molecular complexity index is 146. The van der Waals surface area contributed by atoms with Crippen LogP contribution in [0.5, 0.6) is 0 Å². The van der Waals surface area contributed by atoms with Crippen LogP contribution in [-0.2, 0) is 0 Å². The van der Waals surface area contributed by atoms with Gasteiger partial charge in [-0.2, -0.15) is 0 Å². The molecule has 0 radical (unpaired) electrons. The van der Waals surface area contributed by atoms with Gasteiger partial charge in [0.25, 0.3) is 0 Å². The Morgan fingerprint density at radius 1 is 0.778 bits per heavy atom. The van der Waals surface area contributed by atoms with Gasteiger partial charge >= 0.3 is 50.5 Å². The predicted octanol–water partition coefficient (Wildman–Crippen LogP) is 4.34. The van der Waals surface area contributed by atoms with E-state index >= 15 is 0 Å². The quantitative estimate of drug-likeness (QED) is 0.196. The average Bonchev–Trinajstić information content (AvgIpc) is 2.36. The second-order valence-electron chi connectivity index (χ2n) is 5.08. The first-order chi connectivity index (χ1) is 8.60. The molecule has 0 aromatic rings. The van der Waals surface area contributed by atoms with E-state index in [1.54, 1.807) is 0 Å². The van der Waals surface area contributed by atoms with Crippen LogP contribution >= 0.6 is 46.5 Å². The maximum absolute atomic E-state index is 3.19. The summed E-state index contributed by atoms with van der Waals surface area (Å²) in [6.07, 6.45) is 13.9. The van der Waals surface area contributed by atoms with Crippen LogP contribution in [0.3, 0.4) is 0 Å². The molecule has 0 fully saturated rings. The van der Waals surface area contributed by atoms with Gasteiger partial charge in [-0.1, -0.05) is 65.7 Å². The maximum atomic E-state index is 3.19. The first-order valence-corrected chi connectivity index (χ1v) is 20.4. The molecule has 114 valence electrons. The van der Waals surface area contributed by atoms with E-state index in [0.717, 1.165) is 0 Å². The van der Waals surface area contributed by atoms with Gasteiger partial charge in [-0.15, -0.1) is 9.24 Å². The molecule has 0 aliphatic heterocycles.